The first kappa shape index (κ1) is 20.4. The number of carbonyl (C=O) groups is 2. The standard InChI is InChI=1S/C18H14F3N3O4S/c19-18(20,21)28-13-5-2-1-4-11(13)9-22-15(25)8-12-10-29-17(23-12)24-16(26)14-6-3-7-27-14/h1-7,10H,8-9H2,(H,22,25)(H,23,24,26). The van der Waals surface area contributed by atoms with E-state index in [4.69, 9.17) is 4.42 Å². The van der Waals surface area contributed by atoms with Gasteiger partial charge in [0.2, 0.25) is 5.91 Å². The van der Waals surface area contributed by atoms with E-state index in [-0.39, 0.29) is 35.2 Å². The number of thiazole rings is 1. The van der Waals surface area contributed by atoms with Gasteiger partial charge in [0.15, 0.2) is 10.9 Å². The van der Waals surface area contributed by atoms with E-state index in [9.17, 15) is 22.8 Å². The quantitative estimate of drug-likeness (QED) is 0.602. The molecule has 0 radical (unpaired) electrons. The number of hydrogen-bond donors (Lipinski definition) is 2. The molecule has 2 aromatic heterocycles. The number of anilines is 1. The van der Waals surface area contributed by atoms with Crippen molar-refractivity contribution in [1.29, 1.82) is 0 Å². The van der Waals surface area contributed by atoms with Crippen LogP contribution >= 0.6 is 11.3 Å². The Bertz CT molecular complexity index is 986. The van der Waals surface area contributed by atoms with Crippen LogP contribution in [-0.2, 0) is 17.8 Å². The van der Waals surface area contributed by atoms with Gasteiger partial charge in [-0.1, -0.05) is 18.2 Å². The van der Waals surface area contributed by atoms with Gasteiger partial charge in [-0.2, -0.15) is 0 Å². The number of alkyl halides is 3. The molecule has 0 aliphatic heterocycles. The van der Waals surface area contributed by atoms with Gasteiger partial charge < -0.3 is 14.5 Å². The molecule has 2 heterocycles. The summed E-state index contributed by atoms with van der Waals surface area (Å²) in [6, 6.07) is 8.61. The van der Waals surface area contributed by atoms with Crippen molar-refractivity contribution in [2.24, 2.45) is 0 Å². The van der Waals surface area contributed by atoms with Gasteiger partial charge in [0.05, 0.1) is 18.4 Å². The Kier molecular flexibility index (Phi) is 6.17. The third-order valence-corrected chi connectivity index (χ3v) is 4.34. The molecule has 0 saturated heterocycles. The van der Waals surface area contributed by atoms with Gasteiger partial charge in [-0.05, 0) is 18.2 Å². The van der Waals surface area contributed by atoms with Gasteiger partial charge in [-0.15, -0.1) is 24.5 Å². The minimum Gasteiger partial charge on any atom is -0.459 e. The predicted molar refractivity (Wildman–Crippen MR) is 97.5 cm³/mol. The molecule has 0 bridgehead atoms. The Balaban J connectivity index is 1.53. The molecule has 1 aromatic carbocycles. The highest BCUT2D eigenvalue weighted by molar-refractivity contribution is 7.14. The van der Waals surface area contributed by atoms with Crippen molar-refractivity contribution >= 4 is 28.3 Å². The van der Waals surface area contributed by atoms with Crippen LogP contribution in [0.2, 0.25) is 0 Å². The third kappa shape index (κ3) is 6.07. The fourth-order valence-electron chi connectivity index (χ4n) is 2.31. The zero-order chi connectivity index (χ0) is 20.9. The first-order valence-corrected chi connectivity index (χ1v) is 9.08. The van der Waals surface area contributed by atoms with E-state index in [1.807, 2.05) is 0 Å². The highest BCUT2D eigenvalue weighted by atomic mass is 32.1. The lowest BCUT2D eigenvalue weighted by atomic mass is 10.2. The van der Waals surface area contributed by atoms with Crippen LogP contribution in [0, 0.1) is 0 Å². The smallest absolute Gasteiger partial charge is 0.459 e. The molecule has 29 heavy (non-hydrogen) atoms. The monoisotopic (exact) mass is 425 g/mol. The summed E-state index contributed by atoms with van der Waals surface area (Å²) in [6.07, 6.45) is -3.56. The fraction of sp³-hybridized carbons (Fsp3) is 0.167. The number of hydrogen-bond acceptors (Lipinski definition) is 6. The lowest BCUT2D eigenvalue weighted by Gasteiger charge is -2.13. The van der Waals surface area contributed by atoms with E-state index >= 15 is 0 Å². The minimum absolute atomic E-state index is 0.102. The van der Waals surface area contributed by atoms with Crippen LogP contribution < -0.4 is 15.4 Å². The normalized spacial score (nSPS) is 11.1. The molecule has 3 aromatic rings. The van der Waals surface area contributed by atoms with Gasteiger partial charge in [-0.25, -0.2) is 4.98 Å². The molecule has 2 amide bonds. The van der Waals surface area contributed by atoms with Crippen LogP contribution in [0.5, 0.6) is 5.75 Å². The molecule has 0 unspecified atom stereocenters. The molecule has 0 aliphatic rings. The van der Waals surface area contributed by atoms with Gasteiger partial charge in [0, 0.05) is 17.5 Å². The van der Waals surface area contributed by atoms with Crippen LogP contribution in [0.1, 0.15) is 21.8 Å². The van der Waals surface area contributed by atoms with Gasteiger partial charge in [0.1, 0.15) is 5.75 Å². The van der Waals surface area contributed by atoms with Crippen LogP contribution in [0.3, 0.4) is 0 Å². The number of aromatic nitrogens is 1. The Hall–Kier alpha value is -3.34. The Morgan fingerprint density at radius 3 is 2.69 bits per heavy atom. The molecule has 0 aliphatic carbocycles. The number of halogens is 3. The molecule has 0 atom stereocenters. The number of benzene rings is 1. The van der Waals surface area contributed by atoms with Crippen molar-refractivity contribution in [3.63, 3.8) is 0 Å². The molecule has 2 N–H and O–H groups in total. The van der Waals surface area contributed by atoms with Crippen molar-refractivity contribution in [1.82, 2.24) is 10.3 Å². The summed E-state index contributed by atoms with van der Waals surface area (Å²) >= 11 is 1.13. The van der Waals surface area contributed by atoms with E-state index in [1.54, 1.807) is 17.5 Å². The number of carbonyl (C=O) groups excluding carboxylic acids is 2. The van der Waals surface area contributed by atoms with E-state index < -0.39 is 18.2 Å². The summed E-state index contributed by atoms with van der Waals surface area (Å²) in [6.45, 7) is -0.142. The second-order valence-corrected chi connectivity index (χ2v) is 6.54. The van der Waals surface area contributed by atoms with Crippen molar-refractivity contribution in [3.05, 3.63) is 65.1 Å². The summed E-state index contributed by atoms with van der Waals surface area (Å²) in [5.74, 6) is -1.17. The number of amides is 2. The van der Waals surface area contributed by atoms with Crippen molar-refractivity contribution in [2.45, 2.75) is 19.3 Å². The van der Waals surface area contributed by atoms with E-state index in [0.717, 1.165) is 11.3 Å². The summed E-state index contributed by atoms with van der Waals surface area (Å²) in [5.41, 5.74) is 0.588. The molecule has 0 spiro atoms. The van der Waals surface area contributed by atoms with Crippen LogP contribution in [0.15, 0.2) is 52.5 Å². The number of nitrogens with one attached hydrogen (secondary N) is 2. The molecule has 0 saturated carbocycles. The molecule has 7 nitrogen and oxygen atoms in total. The third-order valence-electron chi connectivity index (χ3n) is 3.53. The van der Waals surface area contributed by atoms with Crippen LogP contribution in [0.25, 0.3) is 0 Å². The molecular formula is C18H14F3N3O4S. The van der Waals surface area contributed by atoms with Crippen molar-refractivity contribution < 1.29 is 31.9 Å². The largest absolute Gasteiger partial charge is 0.573 e. The van der Waals surface area contributed by atoms with E-state index in [1.165, 1.54) is 30.5 Å². The zero-order valence-electron chi connectivity index (χ0n) is 14.7. The molecule has 11 heteroatoms. The van der Waals surface area contributed by atoms with E-state index in [0.29, 0.717) is 5.69 Å². The summed E-state index contributed by atoms with van der Waals surface area (Å²) < 4.78 is 46.2. The number of furan rings is 1. The topological polar surface area (TPSA) is 93.5 Å². The Morgan fingerprint density at radius 2 is 1.97 bits per heavy atom. The second kappa shape index (κ2) is 8.78. The first-order chi connectivity index (χ1) is 13.8. The van der Waals surface area contributed by atoms with Gasteiger partial charge in [-0.3, -0.25) is 14.9 Å². The summed E-state index contributed by atoms with van der Waals surface area (Å²) in [4.78, 5) is 28.1. The van der Waals surface area contributed by atoms with Gasteiger partial charge >= 0.3 is 6.36 Å². The average molecular weight is 425 g/mol. The zero-order valence-corrected chi connectivity index (χ0v) is 15.5. The maximum absolute atomic E-state index is 12.4. The molecular weight excluding hydrogens is 411 g/mol. The first-order valence-electron chi connectivity index (χ1n) is 8.20. The Labute approximate surface area is 166 Å². The Morgan fingerprint density at radius 1 is 1.17 bits per heavy atom. The molecule has 3 rings (SSSR count). The molecule has 152 valence electrons. The maximum Gasteiger partial charge on any atom is 0.573 e. The van der Waals surface area contributed by atoms with Crippen LogP contribution in [-0.4, -0.2) is 23.2 Å². The highest BCUT2D eigenvalue weighted by Crippen LogP contribution is 2.26. The number of para-hydroxylation sites is 1. The van der Waals surface area contributed by atoms with E-state index in [2.05, 4.69) is 20.4 Å². The summed E-state index contributed by atoms with van der Waals surface area (Å²) in [5, 5.41) is 6.95. The predicted octanol–water partition coefficient (Wildman–Crippen LogP) is 3.75. The molecule has 0 fully saturated rings. The maximum atomic E-state index is 12.4. The average Bonchev–Trinajstić information content (AvgIpc) is 3.32. The summed E-state index contributed by atoms with van der Waals surface area (Å²) in [7, 11) is 0. The van der Waals surface area contributed by atoms with Crippen LogP contribution in [0.4, 0.5) is 18.3 Å². The van der Waals surface area contributed by atoms with Crippen molar-refractivity contribution in [2.75, 3.05) is 5.32 Å². The number of rotatable bonds is 7. The SMILES string of the molecule is O=C(Cc1csc(NC(=O)c2ccco2)n1)NCc1ccccc1OC(F)(F)F. The fourth-order valence-corrected chi connectivity index (χ4v) is 3.01. The number of nitrogens with zero attached hydrogens (tertiary/aromatic N) is 1. The highest BCUT2D eigenvalue weighted by Gasteiger charge is 2.32. The van der Waals surface area contributed by atoms with Gasteiger partial charge in [0.25, 0.3) is 5.91 Å². The number of ether oxygens (including phenoxy) is 1. The lowest BCUT2D eigenvalue weighted by molar-refractivity contribution is -0.274. The minimum atomic E-state index is -4.82. The second-order valence-electron chi connectivity index (χ2n) is 5.68. The van der Waals surface area contributed by atoms with Crippen molar-refractivity contribution in [3.8, 4) is 5.75 Å². The lowest BCUT2D eigenvalue weighted by Crippen LogP contribution is -2.26.